The minimum absolute atomic E-state index is 0.211. The normalized spacial score (nSPS) is 12.4. The number of hydrogen-bond donors (Lipinski definition) is 1. The fourth-order valence-corrected chi connectivity index (χ4v) is 2.41. The lowest BCUT2D eigenvalue weighted by molar-refractivity contribution is 0.542. The second-order valence-corrected chi connectivity index (χ2v) is 5.15. The Morgan fingerprint density at radius 3 is 2.80 bits per heavy atom. The van der Waals surface area contributed by atoms with Gasteiger partial charge in [0.25, 0.3) is 0 Å². The lowest BCUT2D eigenvalue weighted by atomic mass is 9.95. The van der Waals surface area contributed by atoms with Gasteiger partial charge in [0.1, 0.15) is 5.82 Å². The summed E-state index contributed by atoms with van der Waals surface area (Å²) in [6.07, 6.45) is 3.83. The molecule has 0 aliphatic rings. The number of aromatic nitrogens is 1. The molecular weight excluding hydrogens is 275 g/mol. The van der Waals surface area contributed by atoms with Gasteiger partial charge < -0.3 is 5.32 Å². The number of nitrogens with zero attached hydrogens (tertiary/aromatic N) is 1. The fraction of sp³-hybridized carbons (Fsp3) is 0.312. The summed E-state index contributed by atoms with van der Waals surface area (Å²) in [7, 11) is 0. The third-order valence-corrected chi connectivity index (χ3v) is 3.74. The number of rotatable bonds is 5. The number of pyridine rings is 1. The molecule has 1 N–H and O–H groups in total. The van der Waals surface area contributed by atoms with Crippen LogP contribution < -0.4 is 5.32 Å². The third kappa shape index (κ3) is 3.17. The summed E-state index contributed by atoms with van der Waals surface area (Å²) in [5, 5.41) is 4.08. The highest BCUT2D eigenvalue weighted by Gasteiger charge is 2.19. The fourth-order valence-electron chi connectivity index (χ4n) is 2.23. The van der Waals surface area contributed by atoms with E-state index in [1.54, 1.807) is 12.3 Å². The lowest BCUT2D eigenvalue weighted by Gasteiger charge is -2.22. The highest BCUT2D eigenvalue weighted by Crippen LogP contribution is 2.29. The number of nitrogens with one attached hydrogen (secondary N) is 1. The van der Waals surface area contributed by atoms with Crippen molar-refractivity contribution in [3.63, 3.8) is 0 Å². The molecule has 0 aliphatic heterocycles. The summed E-state index contributed by atoms with van der Waals surface area (Å²) in [6.45, 7) is 4.84. The van der Waals surface area contributed by atoms with E-state index in [0.29, 0.717) is 10.6 Å². The Kier molecular flexibility index (Phi) is 5.10. The average Bonchev–Trinajstić information content (AvgIpc) is 2.45. The first-order chi connectivity index (χ1) is 9.65. The van der Waals surface area contributed by atoms with Gasteiger partial charge in [0.05, 0.1) is 12.2 Å². The maximum Gasteiger partial charge on any atom is 0.146 e. The molecule has 20 heavy (non-hydrogen) atoms. The zero-order valence-corrected chi connectivity index (χ0v) is 12.4. The molecule has 4 heteroatoms. The van der Waals surface area contributed by atoms with E-state index in [0.717, 1.165) is 24.1 Å². The predicted octanol–water partition coefficient (Wildman–Crippen LogP) is 4.27. The molecule has 1 aromatic heterocycles. The Bertz CT molecular complexity index is 586. The highest BCUT2D eigenvalue weighted by molar-refractivity contribution is 6.31. The van der Waals surface area contributed by atoms with Crippen molar-refractivity contribution in [1.82, 2.24) is 10.3 Å². The second kappa shape index (κ2) is 6.82. The summed E-state index contributed by atoms with van der Waals surface area (Å²) in [5.74, 6) is -0.305. The van der Waals surface area contributed by atoms with E-state index in [1.807, 2.05) is 25.1 Å². The molecule has 106 valence electrons. The summed E-state index contributed by atoms with van der Waals surface area (Å²) in [6, 6.07) is 7.22. The van der Waals surface area contributed by atoms with Gasteiger partial charge >= 0.3 is 0 Å². The lowest BCUT2D eigenvalue weighted by Crippen LogP contribution is -2.25. The van der Waals surface area contributed by atoms with E-state index >= 15 is 0 Å². The van der Waals surface area contributed by atoms with Crippen LogP contribution in [0.3, 0.4) is 0 Å². The zero-order valence-electron chi connectivity index (χ0n) is 11.7. The Balaban J connectivity index is 2.47. The minimum Gasteiger partial charge on any atom is -0.306 e. The number of hydrogen-bond acceptors (Lipinski definition) is 2. The van der Waals surface area contributed by atoms with Crippen LogP contribution in [0.2, 0.25) is 5.02 Å². The van der Waals surface area contributed by atoms with Crippen molar-refractivity contribution in [2.45, 2.75) is 26.3 Å². The van der Waals surface area contributed by atoms with Gasteiger partial charge in [-0.05, 0) is 43.1 Å². The average molecular weight is 293 g/mol. The molecule has 1 atom stereocenters. The van der Waals surface area contributed by atoms with Gasteiger partial charge in [-0.1, -0.05) is 30.7 Å². The first-order valence-corrected chi connectivity index (χ1v) is 7.10. The van der Waals surface area contributed by atoms with Gasteiger partial charge in [-0.2, -0.15) is 0 Å². The Morgan fingerprint density at radius 1 is 1.30 bits per heavy atom. The van der Waals surface area contributed by atoms with Gasteiger partial charge in [0.2, 0.25) is 0 Å². The molecule has 0 spiro atoms. The van der Waals surface area contributed by atoms with Gasteiger partial charge in [0, 0.05) is 16.8 Å². The summed E-state index contributed by atoms with van der Waals surface area (Å²) in [4.78, 5) is 3.81. The second-order valence-electron chi connectivity index (χ2n) is 4.74. The molecule has 2 aromatic rings. The molecule has 0 amide bonds. The molecule has 1 heterocycles. The predicted molar refractivity (Wildman–Crippen MR) is 80.5 cm³/mol. The Labute approximate surface area is 124 Å². The van der Waals surface area contributed by atoms with Crippen molar-refractivity contribution in [2.24, 2.45) is 0 Å². The molecule has 2 rings (SSSR count). The van der Waals surface area contributed by atoms with Crippen LogP contribution in [-0.4, -0.2) is 11.5 Å². The monoisotopic (exact) mass is 292 g/mol. The van der Waals surface area contributed by atoms with E-state index < -0.39 is 0 Å². The van der Waals surface area contributed by atoms with E-state index in [1.165, 1.54) is 6.20 Å². The molecule has 2 nitrogen and oxygen atoms in total. The van der Waals surface area contributed by atoms with E-state index in [4.69, 9.17) is 11.6 Å². The van der Waals surface area contributed by atoms with Gasteiger partial charge in [0.15, 0.2) is 0 Å². The van der Waals surface area contributed by atoms with Crippen molar-refractivity contribution in [1.29, 1.82) is 0 Å². The van der Waals surface area contributed by atoms with Crippen LogP contribution in [0.1, 0.15) is 36.1 Å². The van der Waals surface area contributed by atoms with Gasteiger partial charge in [-0.25, -0.2) is 4.39 Å². The van der Waals surface area contributed by atoms with Crippen molar-refractivity contribution >= 4 is 11.6 Å². The van der Waals surface area contributed by atoms with Gasteiger partial charge in [-0.3, -0.25) is 4.98 Å². The molecule has 0 radical (unpaired) electrons. The Hall–Kier alpha value is -1.45. The maximum absolute atomic E-state index is 14.0. The standard InChI is InChI=1S/C16H18ClFN2/c1-3-8-20-16(13-7-9-19-10-15(13)18)12-5-4-6-14(17)11(12)2/h4-7,9-10,16,20H,3,8H2,1-2H3. The molecule has 0 bridgehead atoms. The molecule has 0 aliphatic carbocycles. The maximum atomic E-state index is 14.0. The largest absolute Gasteiger partial charge is 0.306 e. The van der Waals surface area contributed by atoms with Crippen molar-refractivity contribution in [3.05, 3.63) is 64.2 Å². The van der Waals surface area contributed by atoms with Crippen LogP contribution in [-0.2, 0) is 0 Å². The minimum atomic E-state index is -0.305. The van der Waals surface area contributed by atoms with Crippen LogP contribution in [0.5, 0.6) is 0 Å². The smallest absolute Gasteiger partial charge is 0.146 e. The SMILES string of the molecule is CCCNC(c1ccncc1F)c1cccc(Cl)c1C. The van der Waals surface area contributed by atoms with Crippen molar-refractivity contribution < 1.29 is 4.39 Å². The number of benzene rings is 1. The van der Waals surface area contributed by atoms with Crippen LogP contribution in [0.4, 0.5) is 4.39 Å². The van der Waals surface area contributed by atoms with Crippen LogP contribution in [0.25, 0.3) is 0 Å². The van der Waals surface area contributed by atoms with Crippen molar-refractivity contribution in [3.8, 4) is 0 Å². The molecule has 1 aromatic carbocycles. The molecular formula is C16H18ClFN2. The summed E-state index contributed by atoms with van der Waals surface area (Å²) >= 11 is 6.19. The number of halogens is 2. The summed E-state index contributed by atoms with van der Waals surface area (Å²) < 4.78 is 14.0. The molecule has 1 unspecified atom stereocenters. The molecule has 0 fully saturated rings. The molecule has 0 saturated carbocycles. The van der Waals surface area contributed by atoms with E-state index in [9.17, 15) is 4.39 Å². The van der Waals surface area contributed by atoms with Crippen LogP contribution in [0.15, 0.2) is 36.7 Å². The van der Waals surface area contributed by atoms with E-state index in [-0.39, 0.29) is 11.9 Å². The van der Waals surface area contributed by atoms with E-state index in [2.05, 4.69) is 17.2 Å². The molecule has 0 saturated heterocycles. The quantitative estimate of drug-likeness (QED) is 0.890. The highest BCUT2D eigenvalue weighted by atomic mass is 35.5. The topological polar surface area (TPSA) is 24.9 Å². The third-order valence-electron chi connectivity index (χ3n) is 3.33. The zero-order chi connectivity index (χ0) is 14.5. The van der Waals surface area contributed by atoms with Gasteiger partial charge in [-0.15, -0.1) is 0 Å². The van der Waals surface area contributed by atoms with Crippen molar-refractivity contribution in [2.75, 3.05) is 6.54 Å². The first-order valence-electron chi connectivity index (χ1n) is 6.73. The van der Waals surface area contributed by atoms with Crippen LogP contribution >= 0.6 is 11.6 Å². The Morgan fingerprint density at radius 2 is 2.10 bits per heavy atom. The first kappa shape index (κ1) is 14.9. The van der Waals surface area contributed by atoms with Crippen LogP contribution in [0, 0.1) is 12.7 Å². The summed E-state index contributed by atoms with van der Waals surface area (Å²) in [5.41, 5.74) is 2.56.